The molecule has 0 atom stereocenters. The van der Waals surface area contributed by atoms with Gasteiger partial charge in [-0.2, -0.15) is 27.7 Å². The van der Waals surface area contributed by atoms with E-state index in [1.807, 2.05) is 0 Å². The highest BCUT2D eigenvalue weighted by atomic mass is 19.4. The third kappa shape index (κ3) is 2.57. The van der Waals surface area contributed by atoms with Gasteiger partial charge in [0.25, 0.3) is 5.78 Å². The molecule has 2 aromatic heterocycles. The number of halogens is 3. The van der Waals surface area contributed by atoms with E-state index in [0.717, 1.165) is 12.1 Å². The molecular weight excluding hydrogens is 297 g/mol. The highest BCUT2D eigenvalue weighted by Crippen LogP contribution is 2.30. The number of nitrogens with zero attached hydrogens (tertiary/aromatic N) is 6. The largest absolute Gasteiger partial charge is 0.416 e. The second-order valence-electron chi connectivity index (χ2n) is 4.81. The fraction of sp³-hybridized carbons (Fsp3) is 0.231. The predicted molar refractivity (Wildman–Crippen MR) is 73.3 cm³/mol. The molecule has 0 N–H and O–H groups in total. The molecule has 0 saturated heterocycles. The molecule has 6 nitrogen and oxygen atoms in total. The van der Waals surface area contributed by atoms with Crippen molar-refractivity contribution in [1.29, 1.82) is 0 Å². The lowest BCUT2D eigenvalue weighted by Gasteiger charge is -2.07. The highest BCUT2D eigenvalue weighted by molar-refractivity contribution is 5.57. The summed E-state index contributed by atoms with van der Waals surface area (Å²) in [7, 11) is 3.58. The van der Waals surface area contributed by atoms with Crippen molar-refractivity contribution in [2.45, 2.75) is 6.18 Å². The van der Waals surface area contributed by atoms with Crippen LogP contribution in [0.15, 0.2) is 30.6 Å². The Hall–Kier alpha value is -2.71. The van der Waals surface area contributed by atoms with Crippen LogP contribution in [0.25, 0.3) is 17.2 Å². The van der Waals surface area contributed by atoms with Crippen molar-refractivity contribution in [2.75, 3.05) is 19.0 Å². The van der Waals surface area contributed by atoms with Gasteiger partial charge in [0.2, 0.25) is 5.95 Å². The molecule has 0 aliphatic heterocycles. The maximum Gasteiger partial charge on any atom is 0.416 e. The van der Waals surface area contributed by atoms with Crippen LogP contribution >= 0.6 is 0 Å². The molecular formula is C13H11F3N6. The minimum absolute atomic E-state index is 0.291. The molecule has 9 heteroatoms. The minimum atomic E-state index is -4.36. The number of hydrogen-bond donors (Lipinski definition) is 0. The Morgan fingerprint density at radius 2 is 1.73 bits per heavy atom. The average molecular weight is 308 g/mol. The van der Waals surface area contributed by atoms with E-state index in [4.69, 9.17) is 0 Å². The summed E-state index contributed by atoms with van der Waals surface area (Å²) in [6.45, 7) is 0. The lowest BCUT2D eigenvalue weighted by atomic mass is 10.1. The fourth-order valence-electron chi connectivity index (χ4n) is 1.84. The molecule has 1 aromatic carbocycles. The molecule has 114 valence electrons. The van der Waals surface area contributed by atoms with Crippen molar-refractivity contribution in [3.05, 3.63) is 36.2 Å². The summed E-state index contributed by atoms with van der Waals surface area (Å²) in [5.74, 6) is 1.09. The zero-order valence-corrected chi connectivity index (χ0v) is 11.7. The van der Waals surface area contributed by atoms with Crippen LogP contribution in [0.3, 0.4) is 0 Å². The van der Waals surface area contributed by atoms with Gasteiger partial charge in [0.05, 0.1) is 5.56 Å². The van der Waals surface area contributed by atoms with Crippen LogP contribution in [-0.4, -0.2) is 38.7 Å². The van der Waals surface area contributed by atoms with Crippen molar-refractivity contribution in [1.82, 2.24) is 24.6 Å². The first-order valence-corrected chi connectivity index (χ1v) is 6.29. The van der Waals surface area contributed by atoms with Gasteiger partial charge >= 0.3 is 6.18 Å². The molecule has 0 fully saturated rings. The normalized spacial score (nSPS) is 11.9. The van der Waals surface area contributed by atoms with Crippen molar-refractivity contribution < 1.29 is 13.2 Å². The van der Waals surface area contributed by atoms with Crippen LogP contribution in [0.2, 0.25) is 0 Å². The van der Waals surface area contributed by atoms with Crippen molar-refractivity contribution in [3.8, 4) is 11.4 Å². The Bertz CT molecular complexity index is 807. The molecule has 0 unspecified atom stereocenters. The lowest BCUT2D eigenvalue weighted by molar-refractivity contribution is -0.137. The number of hydrogen-bond acceptors (Lipinski definition) is 5. The maximum atomic E-state index is 12.6. The van der Waals surface area contributed by atoms with Gasteiger partial charge in [0, 0.05) is 19.7 Å². The minimum Gasteiger partial charge on any atom is -0.347 e. The molecule has 0 aliphatic rings. The first-order valence-electron chi connectivity index (χ1n) is 6.29. The molecule has 22 heavy (non-hydrogen) atoms. The predicted octanol–water partition coefficient (Wildman–Crippen LogP) is 2.27. The van der Waals surface area contributed by atoms with E-state index in [-0.39, 0.29) is 0 Å². The first kappa shape index (κ1) is 14.2. The van der Waals surface area contributed by atoms with Gasteiger partial charge in [-0.3, -0.25) is 0 Å². The smallest absolute Gasteiger partial charge is 0.347 e. The summed E-state index contributed by atoms with van der Waals surface area (Å²) in [6.07, 6.45) is -2.91. The van der Waals surface area contributed by atoms with E-state index in [1.54, 1.807) is 19.0 Å². The number of aromatic nitrogens is 5. The average Bonchev–Trinajstić information content (AvgIpc) is 2.89. The molecule has 0 bridgehead atoms. The maximum absolute atomic E-state index is 12.6. The van der Waals surface area contributed by atoms with Gasteiger partial charge in [-0.05, 0) is 12.1 Å². The Balaban J connectivity index is 1.99. The van der Waals surface area contributed by atoms with Crippen molar-refractivity contribution in [3.63, 3.8) is 0 Å². The summed E-state index contributed by atoms with van der Waals surface area (Å²) in [6, 6.07) is 4.66. The van der Waals surface area contributed by atoms with Crippen LogP contribution in [0.1, 0.15) is 5.56 Å². The monoisotopic (exact) mass is 308 g/mol. The molecule has 0 amide bonds. The fourth-order valence-corrected chi connectivity index (χ4v) is 1.84. The van der Waals surface area contributed by atoms with Gasteiger partial charge in [-0.25, -0.2) is 4.98 Å². The van der Waals surface area contributed by atoms with E-state index < -0.39 is 11.7 Å². The Morgan fingerprint density at radius 1 is 1.05 bits per heavy atom. The number of benzene rings is 1. The van der Waals surface area contributed by atoms with Gasteiger partial charge in [-0.15, -0.1) is 5.10 Å². The molecule has 0 saturated carbocycles. The van der Waals surface area contributed by atoms with Crippen LogP contribution in [0.5, 0.6) is 0 Å². The highest BCUT2D eigenvalue weighted by Gasteiger charge is 2.30. The molecule has 3 rings (SSSR count). The van der Waals surface area contributed by atoms with Crippen LogP contribution < -0.4 is 4.90 Å². The van der Waals surface area contributed by atoms with Gasteiger partial charge in [0.1, 0.15) is 6.33 Å². The lowest BCUT2D eigenvalue weighted by Crippen LogP contribution is -2.13. The second kappa shape index (κ2) is 4.93. The molecule has 3 aromatic rings. The standard InChI is InChI=1S/C13H11F3N6/c1-21(2)11-17-7-22-12(19-11)18-10(20-22)8-3-5-9(6-4-8)13(14,15)16/h3-7H,1-2H3. The Labute approximate surface area is 123 Å². The number of rotatable bonds is 2. The van der Waals surface area contributed by atoms with Crippen LogP contribution in [0.4, 0.5) is 19.1 Å². The van der Waals surface area contributed by atoms with E-state index >= 15 is 0 Å². The molecule has 2 heterocycles. The second-order valence-corrected chi connectivity index (χ2v) is 4.81. The molecule has 0 aliphatic carbocycles. The van der Waals surface area contributed by atoms with Crippen LogP contribution in [0, 0.1) is 0 Å². The van der Waals surface area contributed by atoms with Gasteiger partial charge in [0.15, 0.2) is 5.82 Å². The third-order valence-electron chi connectivity index (χ3n) is 2.97. The summed E-state index contributed by atoms with van der Waals surface area (Å²) in [5.41, 5.74) is -0.236. The zero-order chi connectivity index (χ0) is 15.9. The zero-order valence-electron chi connectivity index (χ0n) is 11.7. The van der Waals surface area contributed by atoms with E-state index in [1.165, 1.54) is 23.0 Å². The number of alkyl halides is 3. The van der Waals surface area contributed by atoms with Crippen molar-refractivity contribution in [2.24, 2.45) is 0 Å². The Kier molecular flexibility index (Phi) is 3.19. The Morgan fingerprint density at radius 3 is 2.32 bits per heavy atom. The third-order valence-corrected chi connectivity index (χ3v) is 2.97. The summed E-state index contributed by atoms with van der Waals surface area (Å²) < 4.78 is 39.0. The first-order chi connectivity index (χ1) is 10.3. The van der Waals surface area contributed by atoms with Crippen LogP contribution in [-0.2, 0) is 6.18 Å². The van der Waals surface area contributed by atoms with E-state index in [9.17, 15) is 13.2 Å². The topological polar surface area (TPSA) is 59.2 Å². The van der Waals surface area contributed by atoms with Crippen molar-refractivity contribution >= 4 is 11.7 Å². The van der Waals surface area contributed by atoms with Gasteiger partial charge < -0.3 is 4.90 Å². The number of fused-ring (bicyclic) bond motifs is 1. The SMILES string of the molecule is CN(C)c1ncn2nc(-c3ccc(C(F)(F)F)cc3)nc2n1. The molecule has 0 radical (unpaired) electrons. The summed E-state index contributed by atoms with van der Waals surface area (Å²) in [5, 5.41) is 4.16. The number of anilines is 1. The summed E-state index contributed by atoms with van der Waals surface area (Å²) in [4.78, 5) is 14.2. The summed E-state index contributed by atoms with van der Waals surface area (Å²) >= 11 is 0. The van der Waals surface area contributed by atoms with Gasteiger partial charge in [-0.1, -0.05) is 12.1 Å². The van der Waals surface area contributed by atoms with E-state index in [2.05, 4.69) is 20.1 Å². The molecule has 0 spiro atoms. The van der Waals surface area contributed by atoms with E-state index in [0.29, 0.717) is 23.1 Å². The quantitative estimate of drug-likeness (QED) is 0.727.